The van der Waals surface area contributed by atoms with Crippen molar-refractivity contribution in [3.63, 3.8) is 0 Å². The molecule has 0 saturated carbocycles. The fourth-order valence-electron chi connectivity index (χ4n) is 7.77. The summed E-state index contributed by atoms with van der Waals surface area (Å²) in [6.45, 7) is 9.98. The lowest BCUT2D eigenvalue weighted by atomic mass is 10.0. The molecule has 28 heteroatoms. The second-order valence-electron chi connectivity index (χ2n) is 21.1. The van der Waals surface area contributed by atoms with Crippen LogP contribution in [0.4, 0.5) is 0 Å². The van der Waals surface area contributed by atoms with E-state index in [0.29, 0.717) is 73.6 Å². The Kier molecular flexibility index (Phi) is 41.2. The average Bonchev–Trinajstić information content (AvgIpc) is 0.845. The number of methoxy groups -OCH3 is 7. The Morgan fingerprint density at radius 2 is 0.709 bits per heavy atom. The van der Waals surface area contributed by atoms with Crippen molar-refractivity contribution in [3.8, 4) is 68.6 Å². The van der Waals surface area contributed by atoms with E-state index < -0.39 is 29.4 Å². The highest BCUT2D eigenvalue weighted by molar-refractivity contribution is 6.12. The van der Waals surface area contributed by atoms with Crippen molar-refractivity contribution >= 4 is 69.6 Å². The van der Waals surface area contributed by atoms with Crippen molar-refractivity contribution < 1.29 is 110 Å². The molecule has 2 N–H and O–H groups in total. The molecule has 0 saturated heterocycles. The van der Waals surface area contributed by atoms with Crippen LogP contribution in [-0.4, -0.2) is 145 Å². The number of benzene rings is 3. The lowest BCUT2D eigenvalue weighted by Crippen LogP contribution is -2.13. The van der Waals surface area contributed by atoms with Crippen LogP contribution in [0.25, 0.3) is 22.6 Å². The predicted molar refractivity (Wildman–Crippen MR) is 374 cm³/mol. The summed E-state index contributed by atoms with van der Waals surface area (Å²) in [5.41, 5.74) is 2.08. The number of pyridine rings is 3. The van der Waals surface area contributed by atoms with Gasteiger partial charge in [0.05, 0.1) is 94.0 Å². The van der Waals surface area contributed by atoms with Crippen LogP contribution in [0, 0.1) is 0 Å². The molecule has 5 aromatic heterocycles. The third-order valence-corrected chi connectivity index (χ3v) is 12.4. The van der Waals surface area contributed by atoms with Gasteiger partial charge in [-0.25, -0.2) is 9.59 Å². The van der Waals surface area contributed by atoms with E-state index in [9.17, 15) is 77.3 Å². The Bertz CT molecular complexity index is 4230. The van der Waals surface area contributed by atoms with E-state index in [1.165, 1.54) is 114 Å². The van der Waals surface area contributed by atoms with E-state index in [2.05, 4.69) is 19.7 Å². The molecule has 0 bridgehead atoms. The highest BCUT2D eigenvalue weighted by Crippen LogP contribution is 2.33. The van der Waals surface area contributed by atoms with E-state index in [1.807, 2.05) is 0 Å². The molecule has 28 nitrogen and oxygen atoms in total. The maximum Gasteiger partial charge on any atom is 0.339 e. The fourth-order valence-corrected chi connectivity index (χ4v) is 7.77. The summed E-state index contributed by atoms with van der Waals surface area (Å²) in [5, 5.41) is 18.5. The zero-order valence-corrected chi connectivity index (χ0v) is 59.3. The number of hydrogen-bond acceptors (Lipinski definition) is 28. The summed E-state index contributed by atoms with van der Waals surface area (Å²) < 4.78 is 44.7. The standard InChI is InChI=1S/C14H16O6.C13H12O5.C11H11NO3.C10H7NO3.C10H12O3.C7H7NO.2C5H8O2/c1-18-12-5-4-9(6-13(12)19-2)11(16)7-10(15)8-14(17)20-3;1-16-10-4-3-8(5-12(10)17-2)11-6-9(14)7-13(15)18-11;1-8(13)5-10(14)6-11(15)9-3-2-4-12-7-9;12-8-4-9(14-10(13)5-8)7-2-1-3-11-6-7;1-7(11)8-4-5-9(12-2)10(6-8)13-3;1-6(9)7-3-2-4-8-5-7;2*1-4(6)3-5(2)7/h4-6H,7-8H2,1-3H3;3-7,14H,1-2H3;2-4,7H,5-6H2,1H3;1-6,12H;4-6H,1-3H3;2-5H,1H3;2*3H2,1-2H3. The van der Waals surface area contributed by atoms with Crippen molar-refractivity contribution in [2.45, 2.75) is 87.0 Å². The number of carbonyl (C=O) groups is 12. The van der Waals surface area contributed by atoms with Crippen molar-refractivity contribution in [1.82, 2.24) is 15.0 Å². The van der Waals surface area contributed by atoms with E-state index >= 15 is 0 Å². The molecule has 0 aliphatic carbocycles. The number of nitrogens with zero attached hydrogens (tertiary/aromatic N) is 3. The quantitative estimate of drug-likeness (QED) is 0.0322. The molecule has 8 rings (SSSR count). The summed E-state index contributed by atoms with van der Waals surface area (Å²) in [4.78, 5) is 163. The minimum atomic E-state index is -0.657. The predicted octanol–water partition coefficient (Wildman–Crippen LogP) is 10.3. The van der Waals surface area contributed by atoms with Gasteiger partial charge in [-0.3, -0.25) is 72.5 Å². The molecule has 0 aliphatic heterocycles. The lowest BCUT2D eigenvalue weighted by Gasteiger charge is -2.08. The Morgan fingerprint density at radius 1 is 0.350 bits per heavy atom. The second kappa shape index (κ2) is 48.1. The minimum absolute atomic E-state index is 0.0148. The largest absolute Gasteiger partial charge is 0.508 e. The molecule has 8 aromatic rings. The maximum atomic E-state index is 11.9. The van der Waals surface area contributed by atoms with Crippen molar-refractivity contribution in [2.75, 3.05) is 49.8 Å². The van der Waals surface area contributed by atoms with Crippen LogP contribution in [0.15, 0.2) is 171 Å². The smallest absolute Gasteiger partial charge is 0.339 e. The summed E-state index contributed by atoms with van der Waals surface area (Å²) in [5.74, 6) is 0.927. The van der Waals surface area contributed by atoms with E-state index in [1.54, 1.807) is 124 Å². The fraction of sp³-hybridized carbons (Fsp3) is 0.267. The number of aromatic nitrogens is 3. The van der Waals surface area contributed by atoms with Gasteiger partial charge in [-0.15, -0.1) is 0 Å². The molecule has 0 unspecified atom stereocenters. The second-order valence-corrected chi connectivity index (χ2v) is 21.1. The van der Waals surface area contributed by atoms with E-state index in [-0.39, 0.29) is 107 Å². The minimum Gasteiger partial charge on any atom is -0.508 e. The van der Waals surface area contributed by atoms with Crippen molar-refractivity contribution in [3.05, 3.63) is 196 Å². The van der Waals surface area contributed by atoms with E-state index in [0.717, 1.165) is 12.1 Å². The van der Waals surface area contributed by atoms with Gasteiger partial charge in [-0.1, -0.05) is 0 Å². The number of aromatic hydroxyl groups is 2. The Morgan fingerprint density at radius 3 is 1.06 bits per heavy atom. The molecule has 0 aliphatic rings. The van der Waals surface area contributed by atoms with Crippen molar-refractivity contribution in [2.24, 2.45) is 0 Å². The highest BCUT2D eigenvalue weighted by Gasteiger charge is 2.18. The number of rotatable bonds is 24. The normalized spacial score (nSPS) is 9.53. The summed E-state index contributed by atoms with van der Waals surface area (Å²) >= 11 is 0. The first-order valence-electron chi connectivity index (χ1n) is 30.5. The Balaban J connectivity index is 0.000000602. The number of Topliss-reactive ketones (excluding diaryl/α,β-unsaturated/α-hetero) is 11. The number of ether oxygens (including phenoxy) is 7. The summed E-state index contributed by atoms with van der Waals surface area (Å²) in [7, 11) is 10.3. The molecule has 3 aromatic carbocycles. The van der Waals surface area contributed by atoms with Crippen LogP contribution in [0.2, 0.25) is 0 Å². The van der Waals surface area contributed by atoms with Crippen LogP contribution in [0.3, 0.4) is 0 Å². The molecular formula is C75H81N3O25. The van der Waals surface area contributed by atoms with Gasteiger partial charge >= 0.3 is 17.2 Å². The first-order chi connectivity index (χ1) is 48.7. The lowest BCUT2D eigenvalue weighted by molar-refractivity contribution is -0.143. The van der Waals surface area contributed by atoms with Gasteiger partial charge < -0.3 is 52.2 Å². The topological polar surface area (TPSA) is 409 Å². The monoisotopic (exact) mass is 1420 g/mol. The molecular weight excluding hydrogens is 1340 g/mol. The molecule has 0 fully saturated rings. The van der Waals surface area contributed by atoms with Crippen molar-refractivity contribution in [1.29, 1.82) is 0 Å². The molecule has 103 heavy (non-hydrogen) atoms. The molecule has 0 spiro atoms. The summed E-state index contributed by atoms with van der Waals surface area (Å²) in [6, 6.07) is 29.7. The molecule has 5 heterocycles. The van der Waals surface area contributed by atoms with Gasteiger partial charge in [0.15, 0.2) is 63.4 Å². The Labute approximate surface area is 592 Å². The SMILES string of the molecule is CC(=O)CC(=O)CC(=O)c1cccnc1.CC(=O)CC(C)=O.CC(=O)CC(C)=O.CC(=O)c1cccnc1.COC(=O)CC(=O)CC(=O)c1ccc(OC)c(OC)c1.COc1ccc(-c2cc(O)cc(=O)o2)cc1OC.COc1ccc(C(C)=O)cc1OC.O=c1cc(O)cc(-c2cccnc2)o1. The zero-order valence-electron chi connectivity index (χ0n) is 59.3. The van der Waals surface area contributed by atoms with Gasteiger partial charge in [-0.05, 0) is 139 Å². The summed E-state index contributed by atoms with van der Waals surface area (Å²) in [6.07, 6.45) is 8.33. The highest BCUT2D eigenvalue weighted by atomic mass is 16.5. The van der Waals surface area contributed by atoms with Crippen LogP contribution >= 0.6 is 0 Å². The number of carbonyl (C=O) groups excluding carboxylic acids is 12. The molecule has 546 valence electrons. The third-order valence-electron chi connectivity index (χ3n) is 12.4. The molecule has 0 atom stereocenters. The van der Waals surface area contributed by atoms with Gasteiger partial charge in [0, 0.05) is 82.7 Å². The van der Waals surface area contributed by atoms with Gasteiger partial charge in [-0.2, -0.15) is 0 Å². The van der Waals surface area contributed by atoms with Gasteiger partial charge in [0.1, 0.15) is 64.1 Å². The number of esters is 1. The van der Waals surface area contributed by atoms with Crippen LogP contribution in [-0.2, 0) is 43.1 Å². The average molecular weight is 1420 g/mol. The van der Waals surface area contributed by atoms with Crippen LogP contribution in [0.1, 0.15) is 128 Å². The molecule has 0 radical (unpaired) electrons. The van der Waals surface area contributed by atoms with Gasteiger partial charge in [0.2, 0.25) is 0 Å². The van der Waals surface area contributed by atoms with Crippen LogP contribution in [0.5, 0.6) is 46.0 Å². The van der Waals surface area contributed by atoms with Crippen LogP contribution < -0.4 is 39.7 Å². The van der Waals surface area contributed by atoms with E-state index in [4.69, 9.17) is 37.3 Å². The van der Waals surface area contributed by atoms with Gasteiger partial charge in [0.25, 0.3) is 0 Å². The first-order valence-corrected chi connectivity index (χ1v) is 30.5. The first kappa shape index (κ1) is 88.3. The Hall–Kier alpha value is -12.8. The maximum absolute atomic E-state index is 11.9. The number of ketones is 11. The number of hydrogen-bond donors (Lipinski definition) is 2. The molecule has 0 amide bonds. The zero-order chi connectivity index (χ0) is 77.7. The third kappa shape index (κ3) is 36.6.